The molecule has 1 aromatic carbocycles. The van der Waals surface area contributed by atoms with Crippen LogP contribution >= 0.6 is 22.9 Å². The van der Waals surface area contributed by atoms with Crippen LogP contribution in [0.25, 0.3) is 0 Å². The lowest BCUT2D eigenvalue weighted by Crippen LogP contribution is -2.10. The van der Waals surface area contributed by atoms with E-state index in [-0.39, 0.29) is 12.4 Å². The zero-order chi connectivity index (χ0) is 13.0. The molecular weight excluding hydrogens is 270 g/mol. The van der Waals surface area contributed by atoms with E-state index in [9.17, 15) is 4.79 Å². The largest absolute Gasteiger partial charge is 0.484 e. The summed E-state index contributed by atoms with van der Waals surface area (Å²) in [6.45, 7) is -0.0634. The SMILES string of the molecule is N#Cc1ccc(OCC(=O)c2cccs2)c(Cl)c1. The molecule has 0 unspecified atom stereocenters. The molecule has 0 aliphatic rings. The summed E-state index contributed by atoms with van der Waals surface area (Å²) in [5.41, 5.74) is 0.455. The minimum atomic E-state index is -0.0922. The van der Waals surface area contributed by atoms with Crippen LogP contribution in [0.1, 0.15) is 15.2 Å². The standard InChI is InChI=1S/C13H8ClNO2S/c14-10-6-9(7-15)3-4-12(10)17-8-11(16)13-2-1-5-18-13/h1-6H,8H2. The number of ketones is 1. The molecule has 0 saturated heterocycles. The van der Waals surface area contributed by atoms with Crippen molar-refractivity contribution >= 4 is 28.7 Å². The number of hydrogen-bond acceptors (Lipinski definition) is 4. The second-order valence-electron chi connectivity index (χ2n) is 3.45. The Hall–Kier alpha value is -1.83. The second-order valence-corrected chi connectivity index (χ2v) is 4.80. The summed E-state index contributed by atoms with van der Waals surface area (Å²) in [6, 6.07) is 10.2. The molecule has 0 radical (unpaired) electrons. The van der Waals surface area contributed by atoms with Crippen molar-refractivity contribution in [2.75, 3.05) is 6.61 Å². The van der Waals surface area contributed by atoms with E-state index in [4.69, 9.17) is 21.6 Å². The van der Waals surface area contributed by atoms with Crippen molar-refractivity contribution in [3.63, 3.8) is 0 Å². The van der Waals surface area contributed by atoms with Crippen LogP contribution in [0.4, 0.5) is 0 Å². The maximum atomic E-state index is 11.7. The van der Waals surface area contributed by atoms with Gasteiger partial charge in [-0.25, -0.2) is 0 Å². The van der Waals surface area contributed by atoms with Crippen LogP contribution in [0.15, 0.2) is 35.7 Å². The lowest BCUT2D eigenvalue weighted by atomic mass is 10.2. The van der Waals surface area contributed by atoms with Crippen molar-refractivity contribution in [1.29, 1.82) is 5.26 Å². The van der Waals surface area contributed by atoms with Crippen molar-refractivity contribution < 1.29 is 9.53 Å². The first-order valence-corrected chi connectivity index (χ1v) is 6.35. The number of rotatable bonds is 4. The number of nitriles is 1. The van der Waals surface area contributed by atoms with Gasteiger partial charge in [-0.3, -0.25) is 4.79 Å². The van der Waals surface area contributed by atoms with Gasteiger partial charge in [-0.15, -0.1) is 11.3 Å². The number of halogens is 1. The molecule has 2 aromatic rings. The van der Waals surface area contributed by atoms with Crippen LogP contribution in [0, 0.1) is 11.3 Å². The number of ether oxygens (including phenoxy) is 1. The average Bonchev–Trinajstić information content (AvgIpc) is 2.90. The smallest absolute Gasteiger partial charge is 0.210 e. The van der Waals surface area contributed by atoms with E-state index in [0.717, 1.165) is 0 Å². The van der Waals surface area contributed by atoms with Gasteiger partial charge in [-0.05, 0) is 29.6 Å². The lowest BCUT2D eigenvalue weighted by Gasteiger charge is -2.06. The van der Waals surface area contributed by atoms with Crippen molar-refractivity contribution in [3.05, 3.63) is 51.2 Å². The van der Waals surface area contributed by atoms with Crippen molar-refractivity contribution in [3.8, 4) is 11.8 Å². The number of hydrogen-bond donors (Lipinski definition) is 0. The van der Waals surface area contributed by atoms with E-state index in [0.29, 0.717) is 21.2 Å². The Morgan fingerprint density at radius 3 is 2.89 bits per heavy atom. The molecule has 5 heteroatoms. The van der Waals surface area contributed by atoms with Gasteiger partial charge in [-0.2, -0.15) is 5.26 Å². The van der Waals surface area contributed by atoms with Crippen molar-refractivity contribution in [2.24, 2.45) is 0 Å². The molecule has 0 N–H and O–H groups in total. The average molecular weight is 278 g/mol. The fourth-order valence-electron chi connectivity index (χ4n) is 1.34. The molecule has 1 aromatic heterocycles. The number of carbonyl (C=O) groups excluding carboxylic acids is 1. The molecular formula is C13H8ClNO2S. The number of carbonyl (C=O) groups is 1. The first-order valence-electron chi connectivity index (χ1n) is 5.10. The van der Waals surface area contributed by atoms with Gasteiger partial charge in [0, 0.05) is 0 Å². The summed E-state index contributed by atoms with van der Waals surface area (Å²) in [5, 5.41) is 10.9. The monoisotopic (exact) mass is 277 g/mol. The van der Waals surface area contributed by atoms with Crippen LogP contribution in [0.3, 0.4) is 0 Å². The molecule has 0 aliphatic heterocycles. The Morgan fingerprint density at radius 1 is 1.44 bits per heavy atom. The molecule has 0 aliphatic carbocycles. The summed E-state index contributed by atoms with van der Waals surface area (Å²) < 4.78 is 5.34. The molecule has 0 fully saturated rings. The van der Waals surface area contributed by atoms with Gasteiger partial charge in [-0.1, -0.05) is 17.7 Å². The zero-order valence-electron chi connectivity index (χ0n) is 9.22. The van der Waals surface area contributed by atoms with E-state index in [2.05, 4.69) is 0 Å². The fraction of sp³-hybridized carbons (Fsp3) is 0.0769. The third-order valence-corrected chi connectivity index (χ3v) is 3.42. The number of nitrogens with zero attached hydrogens (tertiary/aromatic N) is 1. The third kappa shape index (κ3) is 2.89. The normalized spacial score (nSPS) is 9.78. The van der Waals surface area contributed by atoms with Crippen LogP contribution in [0.2, 0.25) is 5.02 Å². The Bertz CT molecular complexity index is 602. The first-order chi connectivity index (χ1) is 8.70. The molecule has 1 heterocycles. The van der Waals surface area contributed by atoms with E-state index in [1.54, 1.807) is 18.2 Å². The van der Waals surface area contributed by atoms with Gasteiger partial charge < -0.3 is 4.74 Å². The lowest BCUT2D eigenvalue weighted by molar-refractivity contribution is 0.0925. The molecule has 3 nitrogen and oxygen atoms in total. The molecule has 0 spiro atoms. The summed E-state index contributed by atoms with van der Waals surface area (Å²) in [4.78, 5) is 12.4. The topological polar surface area (TPSA) is 50.1 Å². The van der Waals surface area contributed by atoms with Gasteiger partial charge in [0.05, 0.1) is 21.5 Å². The zero-order valence-corrected chi connectivity index (χ0v) is 10.8. The second kappa shape index (κ2) is 5.67. The predicted octanol–water partition coefficient (Wildman–Crippen LogP) is 3.53. The van der Waals surface area contributed by atoms with Gasteiger partial charge in [0.1, 0.15) is 5.75 Å². The van der Waals surface area contributed by atoms with E-state index in [1.165, 1.54) is 17.4 Å². The molecule has 0 amide bonds. The fourth-order valence-corrected chi connectivity index (χ4v) is 2.23. The van der Waals surface area contributed by atoms with Crippen LogP contribution in [0.5, 0.6) is 5.75 Å². The van der Waals surface area contributed by atoms with E-state index >= 15 is 0 Å². The Balaban J connectivity index is 2.03. The van der Waals surface area contributed by atoms with E-state index < -0.39 is 0 Å². The van der Waals surface area contributed by atoms with Crippen molar-refractivity contribution in [1.82, 2.24) is 0 Å². The summed E-state index contributed by atoms with van der Waals surface area (Å²) in [7, 11) is 0. The molecule has 90 valence electrons. The van der Waals surface area contributed by atoms with Crippen molar-refractivity contribution in [2.45, 2.75) is 0 Å². The highest BCUT2D eigenvalue weighted by molar-refractivity contribution is 7.12. The summed E-state index contributed by atoms with van der Waals surface area (Å²) >= 11 is 7.30. The minimum Gasteiger partial charge on any atom is -0.484 e. The highest BCUT2D eigenvalue weighted by Crippen LogP contribution is 2.25. The Morgan fingerprint density at radius 2 is 2.28 bits per heavy atom. The van der Waals surface area contributed by atoms with Gasteiger partial charge >= 0.3 is 0 Å². The summed E-state index contributed by atoms with van der Waals surface area (Å²) in [5.74, 6) is 0.311. The maximum Gasteiger partial charge on any atom is 0.210 e. The third-order valence-electron chi connectivity index (χ3n) is 2.22. The molecule has 2 rings (SSSR count). The Kier molecular flexibility index (Phi) is 3.98. The van der Waals surface area contributed by atoms with Crippen LogP contribution < -0.4 is 4.74 Å². The van der Waals surface area contributed by atoms with Gasteiger partial charge in [0.25, 0.3) is 0 Å². The highest BCUT2D eigenvalue weighted by atomic mass is 35.5. The molecule has 18 heavy (non-hydrogen) atoms. The van der Waals surface area contributed by atoms with E-state index in [1.807, 2.05) is 17.5 Å². The van der Waals surface area contributed by atoms with Gasteiger partial charge in [0.15, 0.2) is 6.61 Å². The maximum absolute atomic E-state index is 11.7. The number of thiophene rings is 1. The van der Waals surface area contributed by atoms with Gasteiger partial charge in [0.2, 0.25) is 5.78 Å². The molecule has 0 atom stereocenters. The molecule has 0 saturated carbocycles. The Labute approximate surface area is 113 Å². The molecule has 0 bridgehead atoms. The minimum absolute atomic E-state index is 0.0634. The number of benzene rings is 1. The first kappa shape index (κ1) is 12.6. The highest BCUT2D eigenvalue weighted by Gasteiger charge is 2.09. The quantitative estimate of drug-likeness (QED) is 0.803. The summed E-state index contributed by atoms with van der Waals surface area (Å²) in [6.07, 6.45) is 0. The van der Waals surface area contributed by atoms with Crippen LogP contribution in [-0.4, -0.2) is 12.4 Å². The number of Topliss-reactive ketones (excluding diaryl/α,β-unsaturated/α-hetero) is 1. The predicted molar refractivity (Wildman–Crippen MR) is 70.3 cm³/mol. The van der Waals surface area contributed by atoms with Crippen LogP contribution in [-0.2, 0) is 0 Å².